The Labute approximate surface area is 108 Å². The van der Waals surface area contributed by atoms with E-state index in [-0.39, 0.29) is 6.61 Å². The van der Waals surface area contributed by atoms with Crippen molar-refractivity contribution < 1.29 is 5.11 Å². The van der Waals surface area contributed by atoms with Crippen LogP contribution < -0.4 is 5.32 Å². The van der Waals surface area contributed by atoms with E-state index in [1.165, 1.54) is 19.4 Å². The first-order chi connectivity index (χ1) is 8.78. The predicted octanol–water partition coefficient (Wildman–Crippen LogP) is -0.156. The zero-order chi connectivity index (χ0) is 12.8. The molecule has 0 saturated carbocycles. The normalized spacial score (nSPS) is 21.3. The number of hydrogen-bond donors (Lipinski definition) is 2. The van der Waals surface area contributed by atoms with Crippen molar-refractivity contribution in [1.29, 1.82) is 0 Å². The number of likely N-dealkylation sites (N-methyl/N-ethyl adjacent to an activating group) is 1. The quantitative estimate of drug-likeness (QED) is 0.738. The lowest BCUT2D eigenvalue weighted by Crippen LogP contribution is -2.43. The minimum atomic E-state index is 0.196. The van der Waals surface area contributed by atoms with Gasteiger partial charge in [-0.2, -0.15) is 0 Å². The van der Waals surface area contributed by atoms with Crippen molar-refractivity contribution in [2.75, 3.05) is 26.7 Å². The third kappa shape index (κ3) is 4.04. The third-order valence-corrected chi connectivity index (χ3v) is 3.33. The van der Waals surface area contributed by atoms with Crippen LogP contribution in [0, 0.1) is 0 Å². The molecule has 1 fully saturated rings. The van der Waals surface area contributed by atoms with E-state index in [0.717, 1.165) is 31.7 Å². The molecule has 1 aliphatic heterocycles. The Hall–Kier alpha value is -0.980. The van der Waals surface area contributed by atoms with E-state index < -0.39 is 0 Å². The van der Waals surface area contributed by atoms with Crippen LogP contribution in [0.1, 0.15) is 25.0 Å². The van der Waals surface area contributed by atoms with Crippen molar-refractivity contribution in [1.82, 2.24) is 25.2 Å². The molecule has 2 rings (SSSR count). The van der Waals surface area contributed by atoms with Gasteiger partial charge in [0.15, 0.2) is 0 Å². The van der Waals surface area contributed by atoms with Crippen LogP contribution in [0.2, 0.25) is 0 Å². The molecule has 6 nitrogen and oxygen atoms in total. The molecule has 102 valence electrons. The van der Waals surface area contributed by atoms with Gasteiger partial charge in [-0.3, -0.25) is 4.68 Å². The van der Waals surface area contributed by atoms with Gasteiger partial charge in [-0.1, -0.05) is 5.21 Å². The fourth-order valence-electron chi connectivity index (χ4n) is 2.34. The van der Waals surface area contributed by atoms with E-state index >= 15 is 0 Å². The van der Waals surface area contributed by atoms with E-state index in [1.54, 1.807) is 4.68 Å². The van der Waals surface area contributed by atoms with E-state index in [4.69, 9.17) is 5.11 Å². The summed E-state index contributed by atoms with van der Waals surface area (Å²) in [7, 11) is 2.17. The van der Waals surface area contributed by atoms with Gasteiger partial charge in [0, 0.05) is 38.5 Å². The number of aliphatic hydroxyl groups excluding tert-OH is 1. The molecule has 2 heterocycles. The standard InChI is InChI=1S/C12H23N5O/c1-16-5-2-4-11(9-16)13-8-12-10-17(15-14-12)6-3-7-18/h10-11,13,18H,2-9H2,1H3. The number of hydrogen-bond acceptors (Lipinski definition) is 5. The van der Waals surface area contributed by atoms with Crippen LogP contribution >= 0.6 is 0 Å². The Bertz CT molecular complexity index is 354. The van der Waals surface area contributed by atoms with Crippen LogP contribution in [0.5, 0.6) is 0 Å². The van der Waals surface area contributed by atoms with E-state index in [1.807, 2.05) is 6.20 Å². The molecule has 6 heteroatoms. The second-order valence-electron chi connectivity index (χ2n) is 5.03. The van der Waals surface area contributed by atoms with Crippen molar-refractivity contribution in [3.63, 3.8) is 0 Å². The molecule has 0 aliphatic carbocycles. The van der Waals surface area contributed by atoms with Crippen LogP contribution in [0.3, 0.4) is 0 Å². The number of rotatable bonds is 6. The number of likely N-dealkylation sites (tertiary alicyclic amines) is 1. The lowest BCUT2D eigenvalue weighted by Gasteiger charge is -2.30. The molecule has 18 heavy (non-hydrogen) atoms. The number of aromatic nitrogens is 3. The number of nitrogens with one attached hydrogen (secondary N) is 1. The Morgan fingerprint density at radius 2 is 2.44 bits per heavy atom. The zero-order valence-electron chi connectivity index (χ0n) is 11.0. The summed E-state index contributed by atoms with van der Waals surface area (Å²) in [5.41, 5.74) is 0.973. The summed E-state index contributed by atoms with van der Waals surface area (Å²) in [5.74, 6) is 0. The van der Waals surface area contributed by atoms with Crippen molar-refractivity contribution in [2.24, 2.45) is 0 Å². The fourth-order valence-corrected chi connectivity index (χ4v) is 2.34. The van der Waals surface area contributed by atoms with Gasteiger partial charge in [-0.05, 0) is 32.9 Å². The van der Waals surface area contributed by atoms with Gasteiger partial charge in [0.25, 0.3) is 0 Å². The maximum absolute atomic E-state index is 8.75. The molecule has 0 aromatic carbocycles. The summed E-state index contributed by atoms with van der Waals surface area (Å²) in [6.07, 6.45) is 5.18. The second kappa shape index (κ2) is 6.82. The Kier molecular flexibility index (Phi) is 5.10. The topological polar surface area (TPSA) is 66.2 Å². The largest absolute Gasteiger partial charge is 0.396 e. The molecule has 1 atom stereocenters. The van der Waals surface area contributed by atoms with Gasteiger partial charge in [0.1, 0.15) is 0 Å². The molecular formula is C12H23N5O. The number of nitrogens with zero attached hydrogens (tertiary/aromatic N) is 4. The van der Waals surface area contributed by atoms with Gasteiger partial charge in [-0.25, -0.2) is 0 Å². The molecule has 0 radical (unpaired) electrons. The summed E-state index contributed by atoms with van der Waals surface area (Å²) in [5, 5.41) is 20.5. The second-order valence-corrected chi connectivity index (χ2v) is 5.03. The monoisotopic (exact) mass is 253 g/mol. The van der Waals surface area contributed by atoms with Crippen LogP contribution in [0.25, 0.3) is 0 Å². The minimum absolute atomic E-state index is 0.196. The third-order valence-electron chi connectivity index (χ3n) is 3.33. The zero-order valence-corrected chi connectivity index (χ0v) is 11.0. The Balaban J connectivity index is 1.74. The first-order valence-corrected chi connectivity index (χ1v) is 6.69. The number of piperidine rings is 1. The molecule has 1 saturated heterocycles. The van der Waals surface area contributed by atoms with Crippen LogP contribution in [0.15, 0.2) is 6.20 Å². The molecule has 1 unspecified atom stereocenters. The van der Waals surface area contributed by atoms with Crippen molar-refractivity contribution >= 4 is 0 Å². The summed E-state index contributed by atoms with van der Waals surface area (Å²) in [4.78, 5) is 2.36. The highest BCUT2D eigenvalue weighted by Gasteiger charge is 2.16. The van der Waals surface area contributed by atoms with E-state index in [2.05, 4.69) is 27.6 Å². The maximum Gasteiger partial charge on any atom is 0.0964 e. The minimum Gasteiger partial charge on any atom is -0.396 e. The van der Waals surface area contributed by atoms with Crippen LogP contribution in [0.4, 0.5) is 0 Å². The molecule has 1 aromatic heterocycles. The maximum atomic E-state index is 8.75. The average molecular weight is 253 g/mol. The molecule has 1 aliphatic rings. The first kappa shape index (κ1) is 13.5. The molecular weight excluding hydrogens is 230 g/mol. The highest BCUT2D eigenvalue weighted by atomic mass is 16.3. The highest BCUT2D eigenvalue weighted by Crippen LogP contribution is 2.08. The molecule has 0 amide bonds. The highest BCUT2D eigenvalue weighted by molar-refractivity contribution is 4.92. The summed E-state index contributed by atoms with van der Waals surface area (Å²) in [6, 6.07) is 0.561. The van der Waals surface area contributed by atoms with Crippen molar-refractivity contribution in [2.45, 2.75) is 38.4 Å². The first-order valence-electron chi connectivity index (χ1n) is 6.69. The lowest BCUT2D eigenvalue weighted by atomic mass is 10.1. The number of aryl methyl sites for hydroxylation is 1. The summed E-state index contributed by atoms with van der Waals surface area (Å²) in [6.45, 7) is 4.02. The van der Waals surface area contributed by atoms with Gasteiger partial charge in [0.05, 0.1) is 5.69 Å². The van der Waals surface area contributed by atoms with E-state index in [0.29, 0.717) is 6.04 Å². The Morgan fingerprint density at radius 3 is 3.22 bits per heavy atom. The molecule has 0 bridgehead atoms. The van der Waals surface area contributed by atoms with E-state index in [9.17, 15) is 0 Å². The van der Waals surface area contributed by atoms with Crippen LogP contribution in [-0.2, 0) is 13.1 Å². The predicted molar refractivity (Wildman–Crippen MR) is 69.1 cm³/mol. The smallest absolute Gasteiger partial charge is 0.0964 e. The summed E-state index contributed by atoms with van der Waals surface area (Å²) < 4.78 is 1.79. The average Bonchev–Trinajstić information content (AvgIpc) is 2.82. The Morgan fingerprint density at radius 1 is 1.56 bits per heavy atom. The number of aliphatic hydroxyl groups is 1. The fraction of sp³-hybridized carbons (Fsp3) is 0.833. The summed E-state index contributed by atoms with van der Waals surface area (Å²) >= 11 is 0. The van der Waals surface area contributed by atoms with Gasteiger partial charge in [0.2, 0.25) is 0 Å². The van der Waals surface area contributed by atoms with Crippen LogP contribution in [-0.4, -0.2) is 57.8 Å². The molecule has 1 aromatic rings. The van der Waals surface area contributed by atoms with Crippen molar-refractivity contribution in [3.05, 3.63) is 11.9 Å². The van der Waals surface area contributed by atoms with Gasteiger partial charge in [-0.15, -0.1) is 5.10 Å². The van der Waals surface area contributed by atoms with Gasteiger partial charge < -0.3 is 15.3 Å². The lowest BCUT2D eigenvalue weighted by molar-refractivity contribution is 0.226. The van der Waals surface area contributed by atoms with Gasteiger partial charge >= 0.3 is 0 Å². The molecule has 2 N–H and O–H groups in total. The van der Waals surface area contributed by atoms with Crippen molar-refractivity contribution in [3.8, 4) is 0 Å². The SMILES string of the molecule is CN1CCCC(NCc2cn(CCCO)nn2)C1. The molecule has 0 spiro atoms.